The van der Waals surface area contributed by atoms with E-state index < -0.39 is 47.7 Å². The largest absolute Gasteiger partial charge is 0.508 e. The predicted molar refractivity (Wildman–Crippen MR) is 425 cm³/mol. The summed E-state index contributed by atoms with van der Waals surface area (Å²) in [6, 6.07) is 19.9. The molecule has 116 heavy (non-hydrogen) atoms. The molecule has 6 aromatic rings. The van der Waals surface area contributed by atoms with Gasteiger partial charge in [0.1, 0.15) is 40.6 Å². The second-order valence-electron chi connectivity index (χ2n) is 31.1. The summed E-state index contributed by atoms with van der Waals surface area (Å²) in [5.41, 5.74) is 4.92. The Labute approximate surface area is 704 Å². The average molecular weight is 1770 g/mol. The Hall–Kier alpha value is -9.47. The number of likely N-dealkylation sites (tertiary alicyclic amines) is 2. The van der Waals surface area contributed by atoms with Gasteiger partial charge in [-0.25, -0.2) is 0 Å². The summed E-state index contributed by atoms with van der Waals surface area (Å²) >= 11 is 0. The van der Waals surface area contributed by atoms with Gasteiger partial charge in [-0.15, -0.1) is 20.4 Å². The minimum atomic E-state index is -1.21. The molecule has 0 spiro atoms. The van der Waals surface area contributed by atoms with Crippen molar-refractivity contribution in [3.63, 3.8) is 0 Å². The van der Waals surface area contributed by atoms with Crippen LogP contribution in [0.4, 0.5) is 0 Å². The topological polar surface area (TPSA) is 437 Å². The zero-order valence-electron chi connectivity index (χ0n) is 67.0. The van der Waals surface area contributed by atoms with Crippen molar-refractivity contribution in [1.82, 2.24) is 69.6 Å². The van der Waals surface area contributed by atoms with E-state index in [9.17, 15) is 88.8 Å². The van der Waals surface area contributed by atoms with Crippen LogP contribution in [0.15, 0.2) is 72.8 Å². The van der Waals surface area contributed by atoms with Crippen LogP contribution in [0.2, 0.25) is 0 Å². The van der Waals surface area contributed by atoms with Crippen molar-refractivity contribution in [1.29, 1.82) is 0 Å². The average Bonchev–Trinajstić information content (AvgIpc) is 1.61. The molecule has 3 aliphatic heterocycles. The van der Waals surface area contributed by atoms with Crippen molar-refractivity contribution in [2.24, 2.45) is 17.8 Å². The molecule has 3 fully saturated rings. The minimum Gasteiger partial charge on any atom is -0.508 e. The van der Waals surface area contributed by atoms with Crippen molar-refractivity contribution < 1.29 is 126 Å². The van der Waals surface area contributed by atoms with Crippen LogP contribution < -0.4 is 10.6 Å². The first-order valence-electron chi connectivity index (χ1n) is 40.2. The Morgan fingerprint density at radius 1 is 0.457 bits per heavy atom. The minimum absolute atomic E-state index is 0. The van der Waals surface area contributed by atoms with E-state index in [4.69, 9.17) is 0 Å². The van der Waals surface area contributed by atoms with Crippen LogP contribution in [-0.4, -0.2) is 276 Å². The molecule has 0 saturated carbocycles. The Kier molecular flexibility index (Phi) is 35.1. The third kappa shape index (κ3) is 25.8. The molecular formula is C83H112LuN14O18. The number of hydrogen-bond donors (Lipinski definition) is 10. The molecule has 1 radical (unpaired) electrons. The predicted octanol–water partition coefficient (Wildman–Crippen LogP) is 7.60. The van der Waals surface area contributed by atoms with Gasteiger partial charge in [0, 0.05) is 190 Å². The molecule has 3 aliphatic rings. The molecule has 0 aliphatic carbocycles. The normalized spacial score (nSPS) is 15.9. The smallest absolute Gasteiger partial charge is 0.320 e. The summed E-state index contributed by atoms with van der Waals surface area (Å²) in [6.45, 7) is 13.6. The first-order chi connectivity index (χ1) is 55.0. The molecule has 32 nitrogen and oxygen atoms in total. The van der Waals surface area contributed by atoms with E-state index in [2.05, 4.69) is 31.0 Å². The zero-order valence-corrected chi connectivity index (χ0v) is 68.7. The van der Waals surface area contributed by atoms with Crippen LogP contribution in [-0.2, 0) is 51.2 Å². The number of phenolic OH excluding ortho intramolecular Hbond substituents is 4. The molecule has 2 aromatic heterocycles. The maximum atomic E-state index is 14.8. The Morgan fingerprint density at radius 3 is 1.27 bits per heavy atom. The number of piperidine rings is 2. The molecular weight excluding hydrogens is 1660 g/mol. The van der Waals surface area contributed by atoms with Crippen LogP contribution in [0.5, 0.6) is 23.0 Å². The molecule has 4 aromatic carbocycles. The number of amides is 4. The second kappa shape index (κ2) is 44.2. The van der Waals surface area contributed by atoms with Crippen LogP contribution >= 0.6 is 0 Å². The number of carbonyl (C=O) groups excluding carboxylic acids is 6. The SMILES string of the molecule is CCNC(=O)c1nnc(-c2cc(C(C)C)c(O)cc2O)n1-c1ccc(CC2CCN(C(=O)CCC(=O)C[C@@H](CCCCCC(=O)CC[C@H](C(=O)O)N3CCN(CC(=O)O)CCN(CC(=O)O)CCN(CC(=O)O)CC3)C(=O)N3CCC(Cc4ccc(-n5c(C(=O)NCC)nnc5-c5cc(C(C)C)c(O)cc5O)cc4)CC3)CC2)cc1.[Lu]. The van der Waals surface area contributed by atoms with Crippen molar-refractivity contribution in [2.45, 2.75) is 162 Å². The Balaban J connectivity index is 0.0000168. The summed E-state index contributed by atoms with van der Waals surface area (Å²) < 4.78 is 3.15. The molecule has 0 unspecified atom stereocenters. The molecule has 33 heteroatoms. The Bertz CT molecular complexity index is 4350. The summed E-state index contributed by atoms with van der Waals surface area (Å²) in [4.78, 5) is 142. The Morgan fingerprint density at radius 2 is 0.871 bits per heavy atom. The standard InChI is InChI=1S/C83H112N14O18.Lu/c1-7-84-80(111)78-88-86-76(65-45-63(52(3)4)68(100)47-70(65)102)96(78)59-18-14-54(15-19-59)42-56-26-30-94(31-27-56)72(104)25-23-62(99)44-58(12-10-9-11-13-61(98)22-24-67(83(114)115)93-40-38-91(50-74(107)108)36-34-90(49-73(105)106)35-37-92(39-41-93)51-75(109)110)82(113)95-32-28-57(29-33-95)43-55-16-20-60(21-17-55)97-77(87-89-79(97)81(112)85-8-2)66-46-64(53(5)6)69(101)48-71(66)103;/h14-21,45-48,52-53,56-58,67,100-103H,7-13,22-44,49-51H2,1-6H3,(H,84,111)(H,85,112)(H,105,106)(H,107,108)(H,109,110)(H,114,115);/t58-,67-;/m1./s1. The van der Waals surface area contributed by atoms with Gasteiger partial charge in [-0.05, 0) is 154 Å². The number of carbonyl (C=O) groups is 10. The molecule has 4 amide bonds. The number of phenols is 4. The van der Waals surface area contributed by atoms with E-state index >= 15 is 0 Å². The molecule has 10 N–H and O–H groups in total. The quantitative estimate of drug-likeness (QED) is 0.0168. The number of aliphatic carboxylic acids is 4. The number of aromatic nitrogens is 6. The van der Waals surface area contributed by atoms with Gasteiger partial charge in [0.05, 0.1) is 30.8 Å². The number of nitrogens with zero attached hydrogens (tertiary/aromatic N) is 12. The van der Waals surface area contributed by atoms with Crippen LogP contribution in [0.3, 0.4) is 0 Å². The van der Waals surface area contributed by atoms with Gasteiger partial charge >= 0.3 is 23.9 Å². The van der Waals surface area contributed by atoms with Gasteiger partial charge in [0.25, 0.3) is 11.8 Å². The van der Waals surface area contributed by atoms with Gasteiger partial charge in [-0.1, -0.05) is 64.8 Å². The van der Waals surface area contributed by atoms with Crippen LogP contribution in [0, 0.1) is 54.6 Å². The van der Waals surface area contributed by atoms with Gasteiger partial charge in [0.15, 0.2) is 11.6 Å². The van der Waals surface area contributed by atoms with E-state index in [1.807, 2.05) is 81.1 Å². The summed E-state index contributed by atoms with van der Waals surface area (Å²) in [5, 5.41) is 106. The molecule has 2 atom stereocenters. The van der Waals surface area contributed by atoms with E-state index in [0.29, 0.717) is 119 Å². The van der Waals surface area contributed by atoms with E-state index in [1.165, 1.54) is 12.1 Å². The summed E-state index contributed by atoms with van der Waals surface area (Å²) in [6.07, 6.45) is 5.73. The number of aromatic hydroxyl groups is 4. The van der Waals surface area contributed by atoms with Gasteiger partial charge in [-0.3, -0.25) is 76.7 Å². The maximum absolute atomic E-state index is 14.8. The van der Waals surface area contributed by atoms with Crippen molar-refractivity contribution in [2.75, 3.05) is 111 Å². The first kappa shape index (κ1) is 92.0. The fraction of sp³-hybridized carbons (Fsp3) is 0.542. The van der Waals surface area contributed by atoms with Crippen LogP contribution in [0.25, 0.3) is 34.2 Å². The summed E-state index contributed by atoms with van der Waals surface area (Å²) in [5.74, 6) is -6.82. The molecule has 9 rings (SSSR count). The van der Waals surface area contributed by atoms with Crippen molar-refractivity contribution in [3.05, 3.63) is 107 Å². The number of carboxylic acid groups (broad SMARTS) is 4. The molecule has 5 heterocycles. The fourth-order valence-corrected chi connectivity index (χ4v) is 15.7. The van der Waals surface area contributed by atoms with Gasteiger partial charge in [-0.2, -0.15) is 0 Å². The number of carboxylic acids is 4. The number of nitrogens with one attached hydrogen (secondary N) is 2. The van der Waals surface area contributed by atoms with E-state index in [-0.39, 0.29) is 246 Å². The van der Waals surface area contributed by atoms with Gasteiger partial charge in [0.2, 0.25) is 23.5 Å². The van der Waals surface area contributed by atoms with E-state index in [0.717, 1.165) is 24.0 Å². The monoisotopic (exact) mass is 1770 g/mol. The second-order valence-corrected chi connectivity index (χ2v) is 31.1. The maximum Gasteiger partial charge on any atom is 0.320 e. The van der Waals surface area contributed by atoms with Crippen molar-refractivity contribution in [3.8, 4) is 57.1 Å². The number of rotatable bonds is 37. The summed E-state index contributed by atoms with van der Waals surface area (Å²) in [7, 11) is 0. The number of benzene rings is 4. The fourth-order valence-electron chi connectivity index (χ4n) is 15.7. The number of unbranched alkanes of at least 4 members (excludes halogenated alkanes) is 2. The molecule has 0 bridgehead atoms. The third-order valence-corrected chi connectivity index (χ3v) is 22.1. The molecule has 3 saturated heterocycles. The van der Waals surface area contributed by atoms with Crippen LogP contribution in [0.1, 0.15) is 187 Å². The third-order valence-electron chi connectivity index (χ3n) is 22.1. The number of ketones is 2. The van der Waals surface area contributed by atoms with Crippen molar-refractivity contribution >= 4 is 59.1 Å². The number of Topliss-reactive ketones (excluding diaryl/α,β-unsaturated/α-hetero) is 2. The van der Waals surface area contributed by atoms with E-state index in [1.54, 1.807) is 59.6 Å². The van der Waals surface area contributed by atoms with Gasteiger partial charge < -0.3 is 61.3 Å². The first-order valence-corrected chi connectivity index (χ1v) is 40.2. The zero-order chi connectivity index (χ0) is 83.2. The number of hydrogen-bond acceptors (Lipinski definition) is 22. The molecule has 637 valence electrons.